The van der Waals surface area contributed by atoms with Crippen molar-refractivity contribution in [3.8, 4) is 0 Å². The number of piperazine rings is 1. The van der Waals surface area contributed by atoms with Gasteiger partial charge in [0.15, 0.2) is 5.78 Å². The van der Waals surface area contributed by atoms with Gasteiger partial charge in [0, 0.05) is 61.4 Å². The highest BCUT2D eigenvalue weighted by Crippen LogP contribution is 2.46. The molecule has 0 amide bonds. The van der Waals surface area contributed by atoms with Crippen molar-refractivity contribution in [1.29, 1.82) is 0 Å². The Morgan fingerprint density at radius 3 is 2.31 bits per heavy atom. The number of carbonyl (C=O) groups excluding carboxylic acids is 2. The van der Waals surface area contributed by atoms with E-state index in [9.17, 15) is 9.59 Å². The number of piperidine rings is 1. The van der Waals surface area contributed by atoms with E-state index in [-0.39, 0.29) is 31.0 Å². The van der Waals surface area contributed by atoms with Gasteiger partial charge < -0.3 is 14.6 Å². The summed E-state index contributed by atoms with van der Waals surface area (Å²) in [6.07, 6.45) is 9.27. The molecule has 2 aliphatic heterocycles. The summed E-state index contributed by atoms with van der Waals surface area (Å²) in [7, 11) is 0. The van der Waals surface area contributed by atoms with Gasteiger partial charge in [0.25, 0.3) is 0 Å². The van der Waals surface area contributed by atoms with Crippen LogP contribution in [0.4, 0.5) is 5.69 Å². The highest BCUT2D eigenvalue weighted by molar-refractivity contribution is 6.14. The summed E-state index contributed by atoms with van der Waals surface area (Å²) in [5, 5.41) is 0. The molecule has 3 atom stereocenters. The van der Waals surface area contributed by atoms with Crippen molar-refractivity contribution in [2.24, 2.45) is 23.7 Å². The van der Waals surface area contributed by atoms with Gasteiger partial charge >= 0.3 is 0 Å². The van der Waals surface area contributed by atoms with Gasteiger partial charge in [-0.15, -0.1) is 11.5 Å². The summed E-state index contributed by atoms with van der Waals surface area (Å²) in [6.45, 7) is 23.3. The number of likely N-dealkylation sites (tertiary alicyclic amines) is 1. The SMILES string of the molecule is C.C=C=C(C(C)C=O)C(CCC)C1C(=O)c2ccc(N3CCN(CC4CCN(CCCCC)CC4)CC3)cc2C1=C=C. The number of allylic oxidation sites excluding steroid dienone is 2. The van der Waals surface area contributed by atoms with Gasteiger partial charge in [-0.1, -0.05) is 60.6 Å². The van der Waals surface area contributed by atoms with E-state index < -0.39 is 0 Å². The van der Waals surface area contributed by atoms with Crippen LogP contribution in [0, 0.1) is 23.7 Å². The number of unbranched alkanes of at least 4 members (excludes halogenated alkanes) is 2. The lowest BCUT2D eigenvalue weighted by atomic mass is 9.75. The van der Waals surface area contributed by atoms with Crippen molar-refractivity contribution < 1.29 is 9.59 Å². The van der Waals surface area contributed by atoms with E-state index in [1.807, 2.05) is 13.0 Å². The second kappa shape index (κ2) is 16.2. The van der Waals surface area contributed by atoms with Crippen molar-refractivity contribution >= 4 is 23.3 Å². The number of anilines is 1. The molecule has 0 saturated carbocycles. The number of ketones is 1. The number of benzene rings is 1. The molecule has 1 aliphatic carbocycles. The van der Waals surface area contributed by atoms with Gasteiger partial charge in [0.05, 0.1) is 5.92 Å². The summed E-state index contributed by atoms with van der Waals surface area (Å²) in [5.74, 6) is 0.0797. The standard InChI is InChI=1S/C36H51N3O2.CH4/c1-6-10-11-17-37-18-15-28(16-19-37)25-38-20-22-39(23-21-38)29-13-14-33-34(24-29)31(9-4)35(36(33)41)32(12-7-2)30(8-3)27(5)26-40;/h13-14,24,26-28,32,35H,3-4,6-7,10-12,15-23,25H2,1-2,5H3;1H4. The van der Waals surface area contributed by atoms with Gasteiger partial charge in [0.1, 0.15) is 6.29 Å². The maximum absolute atomic E-state index is 13.8. The Balaban J connectivity index is 0.00000484. The summed E-state index contributed by atoms with van der Waals surface area (Å²) in [5.41, 5.74) is 10.7. The molecule has 0 aromatic heterocycles. The molecule has 4 rings (SSSR count). The monoisotopic (exact) mass is 573 g/mol. The average molecular weight is 574 g/mol. The number of hydrogen-bond donors (Lipinski definition) is 0. The molecule has 0 radical (unpaired) electrons. The van der Waals surface area contributed by atoms with Crippen LogP contribution in [0.15, 0.2) is 48.4 Å². The third kappa shape index (κ3) is 7.63. The first-order valence-corrected chi connectivity index (χ1v) is 16.1. The first-order valence-electron chi connectivity index (χ1n) is 16.1. The van der Waals surface area contributed by atoms with Crippen LogP contribution in [0.1, 0.15) is 89.1 Å². The first kappa shape index (κ1) is 33.8. The van der Waals surface area contributed by atoms with E-state index in [0.29, 0.717) is 0 Å². The Hall–Kier alpha value is -2.68. The molecule has 3 aliphatic rings. The molecule has 42 heavy (non-hydrogen) atoms. The smallest absolute Gasteiger partial charge is 0.172 e. The van der Waals surface area contributed by atoms with Crippen molar-refractivity contribution in [1.82, 2.24) is 9.80 Å². The van der Waals surface area contributed by atoms with Crippen molar-refractivity contribution in [3.05, 3.63) is 59.5 Å². The van der Waals surface area contributed by atoms with Crippen molar-refractivity contribution in [2.75, 3.05) is 57.3 Å². The Morgan fingerprint density at radius 1 is 1.00 bits per heavy atom. The molecule has 2 fully saturated rings. The van der Waals surface area contributed by atoms with Crippen molar-refractivity contribution in [2.45, 2.75) is 73.1 Å². The molecular weight excluding hydrogens is 518 g/mol. The van der Waals surface area contributed by atoms with Crippen LogP contribution in [-0.4, -0.2) is 74.2 Å². The molecule has 5 heteroatoms. The maximum Gasteiger partial charge on any atom is 0.172 e. The minimum absolute atomic E-state index is 0. The summed E-state index contributed by atoms with van der Waals surface area (Å²) in [6, 6.07) is 6.28. The fraction of sp³-hybridized carbons (Fsp3) is 0.622. The van der Waals surface area contributed by atoms with Gasteiger partial charge in [-0.3, -0.25) is 9.69 Å². The molecule has 0 bridgehead atoms. The number of aldehydes is 1. The topological polar surface area (TPSA) is 43.9 Å². The van der Waals surface area contributed by atoms with E-state index in [2.05, 4.69) is 65.3 Å². The number of carbonyl (C=O) groups is 2. The lowest BCUT2D eigenvalue weighted by Crippen LogP contribution is -2.49. The number of nitrogens with zero attached hydrogens (tertiary/aromatic N) is 3. The molecule has 3 unspecified atom stereocenters. The predicted molar refractivity (Wildman–Crippen MR) is 177 cm³/mol. The Kier molecular flexibility index (Phi) is 13.1. The Labute approximate surface area is 256 Å². The van der Waals surface area contributed by atoms with Gasteiger partial charge in [-0.05, 0) is 80.6 Å². The van der Waals surface area contributed by atoms with Crippen LogP contribution < -0.4 is 4.90 Å². The zero-order valence-corrected chi connectivity index (χ0v) is 25.8. The largest absolute Gasteiger partial charge is 0.369 e. The lowest BCUT2D eigenvalue weighted by Gasteiger charge is -2.39. The highest BCUT2D eigenvalue weighted by Gasteiger charge is 2.42. The van der Waals surface area contributed by atoms with Gasteiger partial charge in [-0.25, -0.2) is 0 Å². The highest BCUT2D eigenvalue weighted by atomic mass is 16.1. The van der Waals surface area contributed by atoms with Crippen LogP contribution >= 0.6 is 0 Å². The second-order valence-corrected chi connectivity index (χ2v) is 12.4. The van der Waals surface area contributed by atoms with E-state index in [0.717, 1.165) is 79.2 Å². The molecule has 1 aromatic rings. The van der Waals surface area contributed by atoms with Crippen LogP contribution in [-0.2, 0) is 4.79 Å². The first-order chi connectivity index (χ1) is 19.9. The summed E-state index contributed by atoms with van der Waals surface area (Å²) >= 11 is 0. The number of fused-ring (bicyclic) bond motifs is 1. The summed E-state index contributed by atoms with van der Waals surface area (Å²) in [4.78, 5) is 33.2. The number of hydrogen-bond acceptors (Lipinski definition) is 5. The molecule has 230 valence electrons. The Bertz CT molecular complexity index is 1160. The average Bonchev–Trinajstić information content (AvgIpc) is 3.28. The normalized spacial score (nSPS) is 21.2. The maximum atomic E-state index is 13.8. The van der Waals surface area contributed by atoms with Crippen LogP contribution in [0.5, 0.6) is 0 Å². The molecule has 5 nitrogen and oxygen atoms in total. The van der Waals surface area contributed by atoms with Gasteiger partial charge in [-0.2, -0.15) is 0 Å². The fourth-order valence-corrected chi connectivity index (χ4v) is 7.27. The fourth-order valence-electron chi connectivity index (χ4n) is 7.27. The van der Waals surface area contributed by atoms with E-state index in [4.69, 9.17) is 0 Å². The Morgan fingerprint density at radius 2 is 1.71 bits per heavy atom. The van der Waals surface area contributed by atoms with Crippen LogP contribution in [0.3, 0.4) is 0 Å². The predicted octanol–water partition coefficient (Wildman–Crippen LogP) is 7.29. The summed E-state index contributed by atoms with van der Waals surface area (Å²) < 4.78 is 0. The van der Waals surface area contributed by atoms with Crippen molar-refractivity contribution in [3.63, 3.8) is 0 Å². The van der Waals surface area contributed by atoms with Crippen LogP contribution in [0.2, 0.25) is 0 Å². The number of rotatable bonds is 13. The molecule has 0 spiro atoms. The van der Waals surface area contributed by atoms with E-state index >= 15 is 0 Å². The third-order valence-corrected chi connectivity index (χ3v) is 9.68. The lowest BCUT2D eigenvalue weighted by molar-refractivity contribution is -0.109. The van der Waals surface area contributed by atoms with E-state index in [1.54, 1.807) is 0 Å². The molecule has 0 N–H and O–H groups in total. The molecular formula is C37H55N3O2. The molecule has 2 heterocycles. The zero-order valence-electron chi connectivity index (χ0n) is 25.8. The number of Topliss-reactive ketones (excluding diaryl/α,β-unsaturated/α-hetero) is 1. The molecule has 1 aromatic carbocycles. The quantitative estimate of drug-likeness (QED) is 0.141. The van der Waals surface area contributed by atoms with E-state index in [1.165, 1.54) is 58.3 Å². The van der Waals surface area contributed by atoms with Gasteiger partial charge in [0.2, 0.25) is 0 Å². The second-order valence-electron chi connectivity index (χ2n) is 12.4. The third-order valence-electron chi connectivity index (χ3n) is 9.68. The minimum atomic E-state index is -0.390. The zero-order chi connectivity index (χ0) is 29.4. The van der Waals surface area contributed by atoms with Crippen LogP contribution in [0.25, 0.3) is 5.57 Å². The minimum Gasteiger partial charge on any atom is -0.369 e. The molecule has 2 saturated heterocycles.